The van der Waals surface area contributed by atoms with E-state index in [0.717, 1.165) is 0 Å². The van der Waals surface area contributed by atoms with Gasteiger partial charge in [-0.05, 0) is 20.8 Å². The molecule has 0 N–H and O–H groups in total. The van der Waals surface area contributed by atoms with E-state index in [1.54, 1.807) is 0 Å². The van der Waals surface area contributed by atoms with Crippen LogP contribution in [0.3, 0.4) is 0 Å². The molecule has 0 heterocycles. The summed E-state index contributed by atoms with van der Waals surface area (Å²) >= 11 is 0. The van der Waals surface area contributed by atoms with Gasteiger partial charge in [0, 0.05) is 19.1 Å². The molecular formula is C15H17F17O2Si. The molecule has 0 aromatic rings. The van der Waals surface area contributed by atoms with Crippen LogP contribution in [0.25, 0.3) is 0 Å². The fraction of sp³-hybridized carbons (Fsp3) is 1.00. The van der Waals surface area contributed by atoms with Crippen molar-refractivity contribution in [1.82, 2.24) is 0 Å². The lowest BCUT2D eigenvalue weighted by Gasteiger charge is -2.44. The number of hydrogen-bond acceptors (Lipinski definition) is 2. The van der Waals surface area contributed by atoms with Gasteiger partial charge in [0.2, 0.25) is 0 Å². The zero-order valence-corrected chi connectivity index (χ0v) is 18.9. The molecule has 0 radical (unpaired) electrons. The Labute approximate surface area is 188 Å². The molecule has 0 bridgehead atoms. The largest absolute Gasteiger partial charge is 0.399 e. The number of hydrogen-bond donors (Lipinski definition) is 0. The summed E-state index contributed by atoms with van der Waals surface area (Å²) in [6.45, 7) is 1.11. The molecule has 0 saturated carbocycles. The van der Waals surface area contributed by atoms with Crippen LogP contribution in [0.5, 0.6) is 0 Å². The normalized spacial score (nSPS) is 17.8. The molecule has 0 aliphatic heterocycles. The molecule has 0 aromatic heterocycles. The van der Waals surface area contributed by atoms with Gasteiger partial charge < -0.3 is 8.85 Å². The van der Waals surface area contributed by atoms with Crippen LogP contribution in [-0.4, -0.2) is 76.3 Å². The van der Waals surface area contributed by atoms with E-state index in [1.165, 1.54) is 6.92 Å². The molecule has 2 atom stereocenters. The van der Waals surface area contributed by atoms with Crippen molar-refractivity contribution >= 4 is 10.0 Å². The average molecular weight is 580 g/mol. The van der Waals surface area contributed by atoms with Crippen molar-refractivity contribution in [1.29, 1.82) is 0 Å². The Morgan fingerprint density at radius 1 is 0.600 bits per heavy atom. The Morgan fingerprint density at radius 3 is 1.29 bits per heavy atom. The van der Waals surface area contributed by atoms with Crippen molar-refractivity contribution in [2.75, 3.05) is 6.61 Å². The second-order valence-corrected chi connectivity index (χ2v) is 8.16. The van der Waals surface area contributed by atoms with E-state index >= 15 is 0 Å². The van der Waals surface area contributed by atoms with Crippen molar-refractivity contribution in [3.05, 3.63) is 0 Å². The molecule has 0 saturated heterocycles. The van der Waals surface area contributed by atoms with E-state index in [9.17, 15) is 74.6 Å². The summed E-state index contributed by atoms with van der Waals surface area (Å²) in [5.41, 5.74) is 0. The van der Waals surface area contributed by atoms with E-state index in [0.29, 0.717) is 6.92 Å². The van der Waals surface area contributed by atoms with Gasteiger partial charge >= 0.3 is 57.4 Å². The SMILES string of the molecule is CCO[SiH2]OC(C)CC(F)(F)C(F)(F)C(F)(F)C(F)(F)C(F)(F)C(F)(F)C(F)(F)C(F)(F)C(C)F. The van der Waals surface area contributed by atoms with Gasteiger partial charge in [0.25, 0.3) is 0 Å². The monoisotopic (exact) mass is 580 g/mol. The lowest BCUT2D eigenvalue weighted by Crippen LogP contribution is -2.75. The first-order valence-corrected chi connectivity index (χ1v) is 10.2. The van der Waals surface area contributed by atoms with Gasteiger partial charge in [-0.1, -0.05) is 0 Å². The predicted molar refractivity (Wildman–Crippen MR) is 85.5 cm³/mol. The molecule has 35 heavy (non-hydrogen) atoms. The number of halogens is 17. The second kappa shape index (κ2) is 10.0. The van der Waals surface area contributed by atoms with Crippen molar-refractivity contribution in [3.63, 3.8) is 0 Å². The first-order valence-electron chi connectivity index (χ1n) is 9.01. The summed E-state index contributed by atoms with van der Waals surface area (Å²) in [5.74, 6) is -62.7. The highest BCUT2D eigenvalue weighted by Gasteiger charge is 2.95. The molecule has 212 valence electrons. The van der Waals surface area contributed by atoms with Gasteiger partial charge in [-0.3, -0.25) is 0 Å². The third-order valence-electron chi connectivity index (χ3n) is 4.53. The maximum Gasteiger partial charge on any atom is 0.385 e. The molecule has 2 unspecified atom stereocenters. The number of rotatable bonds is 14. The maximum absolute atomic E-state index is 13.8. The van der Waals surface area contributed by atoms with Gasteiger partial charge in [-0.2, -0.15) is 70.2 Å². The van der Waals surface area contributed by atoms with Crippen LogP contribution in [0.2, 0.25) is 0 Å². The van der Waals surface area contributed by atoms with Gasteiger partial charge in [0.15, 0.2) is 6.17 Å². The smallest absolute Gasteiger partial charge is 0.385 e. The Kier molecular flexibility index (Phi) is 9.71. The molecule has 0 aliphatic carbocycles. The minimum atomic E-state index is -8.56. The molecule has 0 amide bonds. The fourth-order valence-electron chi connectivity index (χ4n) is 2.27. The van der Waals surface area contributed by atoms with Gasteiger partial charge in [-0.15, -0.1) is 0 Å². The van der Waals surface area contributed by atoms with E-state index < -0.39 is 83.0 Å². The van der Waals surface area contributed by atoms with Crippen molar-refractivity contribution in [2.24, 2.45) is 0 Å². The fourth-order valence-corrected chi connectivity index (χ4v) is 2.89. The standard InChI is InChI=1S/C15H17F17O2Si/c1-4-33-35-34-6(2)5-8(17,18)10(21,22)12(25,26)14(29,30)15(31,32)13(27,28)11(23,24)9(19,20)7(3)16/h6-7H,4-5,35H2,1-3H3. The summed E-state index contributed by atoms with van der Waals surface area (Å²) in [7, 11) is -2.21. The summed E-state index contributed by atoms with van der Waals surface area (Å²) in [5, 5.41) is 0. The molecular weight excluding hydrogens is 563 g/mol. The highest BCUT2D eigenvalue weighted by molar-refractivity contribution is 6.18. The van der Waals surface area contributed by atoms with E-state index in [-0.39, 0.29) is 6.61 Å². The van der Waals surface area contributed by atoms with Crippen molar-refractivity contribution in [3.8, 4) is 0 Å². The van der Waals surface area contributed by atoms with Crippen molar-refractivity contribution in [2.45, 2.75) is 86.8 Å². The first kappa shape index (κ1) is 33.9. The molecule has 20 heteroatoms. The average Bonchev–Trinajstić information content (AvgIpc) is 2.66. The Hall–Kier alpha value is -1.05. The topological polar surface area (TPSA) is 18.5 Å². The summed E-state index contributed by atoms with van der Waals surface area (Å²) in [6, 6.07) is 0. The Bertz CT molecular complexity index is 710. The Balaban J connectivity index is 6.50. The predicted octanol–water partition coefficient (Wildman–Crippen LogP) is 6.26. The molecule has 0 spiro atoms. The third kappa shape index (κ3) is 5.19. The van der Waals surface area contributed by atoms with Crippen LogP contribution >= 0.6 is 0 Å². The van der Waals surface area contributed by atoms with Crippen LogP contribution < -0.4 is 0 Å². The highest BCUT2D eigenvalue weighted by Crippen LogP contribution is 2.64. The quantitative estimate of drug-likeness (QED) is 0.137. The molecule has 2 nitrogen and oxygen atoms in total. The van der Waals surface area contributed by atoms with Crippen LogP contribution in [-0.2, 0) is 8.85 Å². The van der Waals surface area contributed by atoms with E-state index in [1.807, 2.05) is 0 Å². The zero-order chi connectivity index (χ0) is 28.7. The lowest BCUT2D eigenvalue weighted by atomic mass is 9.86. The van der Waals surface area contributed by atoms with Gasteiger partial charge in [0.1, 0.15) is 0 Å². The number of alkyl halides is 17. The van der Waals surface area contributed by atoms with Gasteiger partial charge in [-0.25, -0.2) is 4.39 Å². The third-order valence-corrected chi connectivity index (χ3v) is 5.81. The van der Waals surface area contributed by atoms with E-state index in [4.69, 9.17) is 0 Å². The van der Waals surface area contributed by atoms with Crippen LogP contribution in [0.4, 0.5) is 74.6 Å². The molecule has 0 aliphatic rings. The summed E-state index contributed by atoms with van der Waals surface area (Å²) in [4.78, 5) is 0. The zero-order valence-electron chi connectivity index (χ0n) is 17.5. The Morgan fingerprint density at radius 2 is 0.943 bits per heavy atom. The minimum absolute atomic E-state index is 0.0933. The lowest BCUT2D eigenvalue weighted by molar-refractivity contribution is -0.455. The van der Waals surface area contributed by atoms with Crippen molar-refractivity contribution < 1.29 is 83.5 Å². The maximum atomic E-state index is 13.8. The highest BCUT2D eigenvalue weighted by atomic mass is 28.3. The molecule has 0 aromatic carbocycles. The molecule has 0 fully saturated rings. The first-order chi connectivity index (χ1) is 15.1. The van der Waals surface area contributed by atoms with Crippen LogP contribution in [0.15, 0.2) is 0 Å². The van der Waals surface area contributed by atoms with Crippen LogP contribution in [0, 0.1) is 0 Å². The second-order valence-electron chi connectivity index (χ2n) is 7.18. The summed E-state index contributed by atoms with van der Waals surface area (Å²) in [6.07, 6.45) is -9.28. The minimum Gasteiger partial charge on any atom is -0.399 e. The molecule has 0 rings (SSSR count). The summed E-state index contributed by atoms with van der Waals surface area (Å²) < 4.78 is 239. The van der Waals surface area contributed by atoms with Gasteiger partial charge in [0.05, 0.1) is 0 Å². The van der Waals surface area contributed by atoms with Crippen LogP contribution in [0.1, 0.15) is 27.2 Å². The van der Waals surface area contributed by atoms with E-state index in [2.05, 4.69) is 8.85 Å².